The van der Waals surface area contributed by atoms with E-state index in [1.165, 1.54) is 0 Å². The van der Waals surface area contributed by atoms with Crippen LogP contribution in [0.2, 0.25) is 0 Å². The first-order chi connectivity index (χ1) is 10.0. The summed E-state index contributed by atoms with van der Waals surface area (Å²) in [7, 11) is -3.47. The number of nitrogens with zero attached hydrogens (tertiary/aromatic N) is 1. The lowest BCUT2D eigenvalue weighted by Crippen LogP contribution is -2.44. The molecule has 0 aromatic heterocycles. The van der Waals surface area contributed by atoms with E-state index in [-0.39, 0.29) is 6.04 Å². The summed E-state index contributed by atoms with van der Waals surface area (Å²) in [6.07, 6.45) is 4.71. The van der Waals surface area contributed by atoms with E-state index < -0.39 is 10.2 Å². The molecule has 1 unspecified atom stereocenters. The summed E-state index contributed by atoms with van der Waals surface area (Å²) in [6.45, 7) is 2.57. The fraction of sp³-hybridized carbons (Fsp3) is 0.600. The van der Waals surface area contributed by atoms with Gasteiger partial charge in [-0.05, 0) is 50.3 Å². The zero-order valence-corrected chi connectivity index (χ0v) is 14.0. The number of rotatable bonds is 6. The zero-order valence-electron chi connectivity index (χ0n) is 12.4. The molecule has 1 atom stereocenters. The van der Waals surface area contributed by atoms with Crippen molar-refractivity contribution >= 4 is 27.5 Å². The van der Waals surface area contributed by atoms with Crippen LogP contribution in [0, 0.1) is 0 Å². The number of aryl methyl sites for hydroxylation is 1. The van der Waals surface area contributed by atoms with E-state index in [9.17, 15) is 8.42 Å². The van der Waals surface area contributed by atoms with E-state index in [0.29, 0.717) is 18.1 Å². The number of hydrogen-bond donors (Lipinski definition) is 1. The second kappa shape index (κ2) is 7.47. The van der Waals surface area contributed by atoms with Gasteiger partial charge in [-0.1, -0.05) is 18.6 Å². The highest BCUT2D eigenvalue weighted by Crippen LogP contribution is 2.22. The molecular formula is C15H23ClN2O2S. The molecule has 0 aliphatic carbocycles. The van der Waals surface area contributed by atoms with E-state index in [1.54, 1.807) is 10.4 Å². The van der Waals surface area contributed by atoms with Crippen LogP contribution in [0.25, 0.3) is 0 Å². The Morgan fingerprint density at radius 2 is 2.19 bits per heavy atom. The van der Waals surface area contributed by atoms with Gasteiger partial charge in [0.25, 0.3) is 0 Å². The molecule has 0 bridgehead atoms. The molecule has 0 amide bonds. The highest BCUT2D eigenvalue weighted by atomic mass is 35.5. The van der Waals surface area contributed by atoms with Crippen molar-refractivity contribution in [1.29, 1.82) is 0 Å². The van der Waals surface area contributed by atoms with Gasteiger partial charge < -0.3 is 0 Å². The molecule has 1 fully saturated rings. The summed E-state index contributed by atoms with van der Waals surface area (Å²) >= 11 is 5.70. The fourth-order valence-electron chi connectivity index (χ4n) is 2.70. The van der Waals surface area contributed by atoms with Crippen molar-refractivity contribution in [3.8, 4) is 0 Å². The third kappa shape index (κ3) is 4.59. The van der Waals surface area contributed by atoms with E-state index >= 15 is 0 Å². The Hall–Kier alpha value is -0.780. The van der Waals surface area contributed by atoms with Gasteiger partial charge in [0.15, 0.2) is 0 Å². The minimum absolute atomic E-state index is 0.0654. The molecule has 1 aromatic carbocycles. The van der Waals surface area contributed by atoms with Crippen molar-refractivity contribution in [1.82, 2.24) is 4.31 Å². The van der Waals surface area contributed by atoms with Gasteiger partial charge in [0, 0.05) is 18.5 Å². The number of benzene rings is 1. The molecule has 4 nitrogen and oxygen atoms in total. The molecule has 0 radical (unpaired) electrons. The predicted octanol–water partition coefficient (Wildman–Crippen LogP) is 3.39. The number of anilines is 1. The second-order valence-corrected chi connectivity index (χ2v) is 7.56. The SMILES string of the molecule is CC1CCCCN1S(=O)(=O)Nc1cccc(CCCCl)c1. The number of piperidine rings is 1. The first-order valence-corrected chi connectivity index (χ1v) is 9.45. The van der Waals surface area contributed by atoms with Crippen LogP contribution in [0.15, 0.2) is 24.3 Å². The second-order valence-electron chi connectivity index (χ2n) is 5.56. The molecule has 1 heterocycles. The highest BCUT2D eigenvalue weighted by Gasteiger charge is 2.29. The van der Waals surface area contributed by atoms with E-state index in [4.69, 9.17) is 11.6 Å². The minimum Gasteiger partial charge on any atom is -0.271 e. The van der Waals surface area contributed by atoms with E-state index in [0.717, 1.165) is 37.7 Å². The summed E-state index contributed by atoms with van der Waals surface area (Å²) in [5.74, 6) is 0.612. The van der Waals surface area contributed by atoms with Crippen molar-refractivity contribution in [2.24, 2.45) is 0 Å². The first-order valence-electron chi connectivity index (χ1n) is 7.47. The molecule has 2 rings (SSSR count). The van der Waals surface area contributed by atoms with E-state index in [2.05, 4.69) is 4.72 Å². The number of hydrogen-bond acceptors (Lipinski definition) is 2. The summed E-state index contributed by atoms with van der Waals surface area (Å²) in [4.78, 5) is 0. The van der Waals surface area contributed by atoms with Crippen LogP contribution >= 0.6 is 11.6 Å². The maximum absolute atomic E-state index is 12.5. The maximum Gasteiger partial charge on any atom is 0.301 e. The molecule has 0 spiro atoms. The van der Waals surface area contributed by atoms with Crippen LogP contribution in [-0.4, -0.2) is 31.2 Å². The molecule has 21 heavy (non-hydrogen) atoms. The predicted molar refractivity (Wildman–Crippen MR) is 88.0 cm³/mol. The molecule has 1 saturated heterocycles. The van der Waals surface area contributed by atoms with Crippen LogP contribution in [0.1, 0.15) is 38.2 Å². The summed E-state index contributed by atoms with van der Waals surface area (Å²) < 4.78 is 29.2. The largest absolute Gasteiger partial charge is 0.301 e. The van der Waals surface area contributed by atoms with Gasteiger partial charge in [-0.2, -0.15) is 12.7 Å². The van der Waals surface area contributed by atoms with Gasteiger partial charge in [0.1, 0.15) is 0 Å². The number of halogens is 1. The maximum atomic E-state index is 12.5. The van der Waals surface area contributed by atoms with Crippen LogP contribution in [0.5, 0.6) is 0 Å². The Morgan fingerprint density at radius 3 is 2.90 bits per heavy atom. The van der Waals surface area contributed by atoms with Crippen LogP contribution in [0.4, 0.5) is 5.69 Å². The van der Waals surface area contributed by atoms with Gasteiger partial charge in [-0.15, -0.1) is 11.6 Å². The third-order valence-electron chi connectivity index (χ3n) is 3.82. The Kier molecular flexibility index (Phi) is 5.90. The standard InChI is InChI=1S/C15H23ClN2O2S/c1-13-6-2-3-11-18(13)21(19,20)17-15-9-4-7-14(12-15)8-5-10-16/h4,7,9,12-13,17H,2-3,5-6,8,10-11H2,1H3. The molecule has 6 heteroatoms. The van der Waals surface area contributed by atoms with Crippen LogP contribution in [0.3, 0.4) is 0 Å². The van der Waals surface area contributed by atoms with Crippen LogP contribution < -0.4 is 4.72 Å². The Morgan fingerprint density at radius 1 is 1.38 bits per heavy atom. The first kappa shape index (κ1) is 16.6. The Bertz CT molecular complexity index is 563. The van der Waals surface area contributed by atoms with Crippen molar-refractivity contribution in [3.05, 3.63) is 29.8 Å². The molecule has 1 aliphatic heterocycles. The molecule has 0 saturated carbocycles. The lowest BCUT2D eigenvalue weighted by atomic mass is 10.1. The normalized spacial score (nSPS) is 20.4. The molecule has 1 aliphatic rings. The Balaban J connectivity index is 2.09. The third-order valence-corrected chi connectivity index (χ3v) is 5.74. The number of alkyl halides is 1. The van der Waals surface area contributed by atoms with Crippen molar-refractivity contribution in [2.45, 2.75) is 45.1 Å². The van der Waals surface area contributed by atoms with Crippen molar-refractivity contribution in [2.75, 3.05) is 17.1 Å². The molecular weight excluding hydrogens is 308 g/mol. The molecule has 118 valence electrons. The zero-order chi connectivity index (χ0) is 15.3. The monoisotopic (exact) mass is 330 g/mol. The van der Waals surface area contributed by atoms with Gasteiger partial charge in [0.05, 0.1) is 5.69 Å². The Labute approximate surface area is 132 Å². The topological polar surface area (TPSA) is 49.4 Å². The average molecular weight is 331 g/mol. The summed E-state index contributed by atoms with van der Waals surface area (Å²) in [5.41, 5.74) is 1.72. The lowest BCUT2D eigenvalue weighted by Gasteiger charge is -2.32. The lowest BCUT2D eigenvalue weighted by molar-refractivity contribution is 0.270. The molecule has 1 N–H and O–H groups in total. The van der Waals surface area contributed by atoms with Crippen molar-refractivity contribution < 1.29 is 8.42 Å². The van der Waals surface area contributed by atoms with Gasteiger partial charge in [-0.3, -0.25) is 4.72 Å². The highest BCUT2D eigenvalue weighted by molar-refractivity contribution is 7.90. The molecule has 1 aromatic rings. The van der Waals surface area contributed by atoms with Gasteiger partial charge >= 0.3 is 10.2 Å². The quantitative estimate of drug-likeness (QED) is 0.813. The fourth-order valence-corrected chi connectivity index (χ4v) is 4.32. The average Bonchev–Trinajstić information content (AvgIpc) is 2.45. The van der Waals surface area contributed by atoms with Gasteiger partial charge in [-0.25, -0.2) is 0 Å². The smallest absolute Gasteiger partial charge is 0.271 e. The van der Waals surface area contributed by atoms with Crippen molar-refractivity contribution in [3.63, 3.8) is 0 Å². The van der Waals surface area contributed by atoms with Gasteiger partial charge in [0.2, 0.25) is 0 Å². The number of nitrogens with one attached hydrogen (secondary N) is 1. The minimum atomic E-state index is -3.47. The van der Waals surface area contributed by atoms with E-state index in [1.807, 2.05) is 25.1 Å². The van der Waals surface area contributed by atoms with Crippen LogP contribution in [-0.2, 0) is 16.6 Å². The summed E-state index contributed by atoms with van der Waals surface area (Å²) in [6, 6.07) is 7.61. The summed E-state index contributed by atoms with van der Waals surface area (Å²) in [5, 5.41) is 0.